The Bertz CT molecular complexity index is 537. The maximum Gasteiger partial charge on any atom is 0.283 e. The third-order valence-electron chi connectivity index (χ3n) is 3.10. The Morgan fingerprint density at radius 3 is 3.00 bits per heavy atom. The van der Waals surface area contributed by atoms with Crippen molar-refractivity contribution in [1.29, 1.82) is 0 Å². The number of ether oxygens (including phenoxy) is 1. The number of aliphatic hydroxyl groups is 1. The average molecular weight is 301 g/mol. The van der Waals surface area contributed by atoms with Gasteiger partial charge in [0.25, 0.3) is 11.6 Å². The Morgan fingerprint density at radius 1 is 1.60 bits per heavy atom. The minimum absolute atomic E-state index is 0.0207. The lowest BCUT2D eigenvalue weighted by Gasteiger charge is -2.34. The summed E-state index contributed by atoms with van der Waals surface area (Å²) in [6, 6.07) is 3.55. The number of hydrogen-bond acceptors (Lipinski definition) is 5. The minimum Gasteiger partial charge on any atom is -0.394 e. The van der Waals surface area contributed by atoms with E-state index < -0.39 is 16.9 Å². The molecular formula is C12H13ClN2O5. The Balaban J connectivity index is 2.40. The van der Waals surface area contributed by atoms with Crippen LogP contribution in [0.4, 0.5) is 5.69 Å². The maximum atomic E-state index is 12.5. The van der Waals surface area contributed by atoms with E-state index in [1.54, 1.807) is 0 Å². The summed E-state index contributed by atoms with van der Waals surface area (Å²) < 4.78 is 5.18. The van der Waals surface area contributed by atoms with Crippen LogP contribution in [0.2, 0.25) is 5.02 Å². The molecule has 0 saturated carbocycles. The topological polar surface area (TPSA) is 92.9 Å². The van der Waals surface area contributed by atoms with Gasteiger partial charge < -0.3 is 14.7 Å². The second kappa shape index (κ2) is 6.17. The average Bonchev–Trinajstić information content (AvgIpc) is 2.46. The molecule has 1 heterocycles. The van der Waals surface area contributed by atoms with Crippen LogP contribution in [-0.4, -0.2) is 53.2 Å². The van der Waals surface area contributed by atoms with Crippen molar-refractivity contribution in [3.63, 3.8) is 0 Å². The number of benzene rings is 1. The quantitative estimate of drug-likeness (QED) is 0.666. The molecule has 1 atom stereocenters. The van der Waals surface area contributed by atoms with Crippen LogP contribution in [0.25, 0.3) is 0 Å². The molecular weight excluding hydrogens is 288 g/mol. The highest BCUT2D eigenvalue weighted by atomic mass is 35.5. The zero-order valence-corrected chi connectivity index (χ0v) is 11.2. The third kappa shape index (κ3) is 2.74. The maximum absolute atomic E-state index is 12.5. The molecule has 0 radical (unpaired) electrons. The number of nitro groups is 1. The van der Waals surface area contributed by atoms with Gasteiger partial charge in [0.05, 0.1) is 35.8 Å². The summed E-state index contributed by atoms with van der Waals surface area (Å²) in [7, 11) is 0. The van der Waals surface area contributed by atoms with Crippen LogP contribution < -0.4 is 0 Å². The Morgan fingerprint density at radius 2 is 2.35 bits per heavy atom. The molecule has 1 aliphatic heterocycles. The van der Waals surface area contributed by atoms with Crippen LogP contribution in [0.15, 0.2) is 18.2 Å². The fraction of sp³-hybridized carbons (Fsp3) is 0.417. The van der Waals surface area contributed by atoms with Crippen LogP contribution in [0.1, 0.15) is 10.4 Å². The predicted octanol–water partition coefficient (Wildman–Crippen LogP) is 1.08. The number of halogens is 1. The number of rotatable bonds is 3. The first-order chi connectivity index (χ1) is 9.56. The van der Waals surface area contributed by atoms with E-state index in [-0.39, 0.29) is 36.0 Å². The summed E-state index contributed by atoms with van der Waals surface area (Å²) >= 11 is 5.93. The highest BCUT2D eigenvalue weighted by Crippen LogP contribution is 2.28. The van der Waals surface area contributed by atoms with Crippen LogP contribution >= 0.6 is 11.6 Å². The van der Waals surface area contributed by atoms with Gasteiger partial charge in [-0.2, -0.15) is 0 Å². The first kappa shape index (κ1) is 14.7. The second-order valence-corrected chi connectivity index (χ2v) is 4.71. The minimum atomic E-state index is -0.645. The molecule has 1 aliphatic rings. The molecule has 0 bridgehead atoms. The number of morpholine rings is 1. The van der Waals surface area contributed by atoms with Gasteiger partial charge in [-0.1, -0.05) is 17.7 Å². The Hall–Kier alpha value is -1.70. The van der Waals surface area contributed by atoms with Gasteiger partial charge in [0.15, 0.2) is 0 Å². The molecule has 0 aliphatic carbocycles. The number of amides is 1. The number of aliphatic hydroxyl groups excluding tert-OH is 1. The van der Waals surface area contributed by atoms with Crippen molar-refractivity contribution in [2.24, 2.45) is 0 Å². The van der Waals surface area contributed by atoms with Crippen molar-refractivity contribution in [2.45, 2.75) is 6.04 Å². The molecule has 1 aromatic carbocycles. The Labute approximate surface area is 119 Å². The van der Waals surface area contributed by atoms with Crippen molar-refractivity contribution in [3.8, 4) is 0 Å². The van der Waals surface area contributed by atoms with Crippen LogP contribution in [-0.2, 0) is 4.74 Å². The monoisotopic (exact) mass is 300 g/mol. The van der Waals surface area contributed by atoms with E-state index in [1.807, 2.05) is 0 Å². The van der Waals surface area contributed by atoms with E-state index in [2.05, 4.69) is 0 Å². The van der Waals surface area contributed by atoms with Gasteiger partial charge in [0.2, 0.25) is 0 Å². The van der Waals surface area contributed by atoms with E-state index in [9.17, 15) is 20.0 Å². The summed E-state index contributed by atoms with van der Waals surface area (Å²) in [6.07, 6.45) is 0. The zero-order valence-electron chi connectivity index (χ0n) is 10.5. The van der Waals surface area contributed by atoms with Gasteiger partial charge in [-0.15, -0.1) is 0 Å². The first-order valence-corrected chi connectivity index (χ1v) is 6.36. The summed E-state index contributed by atoms with van der Waals surface area (Å²) in [5, 5.41) is 20.3. The Kier molecular flexibility index (Phi) is 4.53. The normalized spacial score (nSPS) is 18.9. The highest BCUT2D eigenvalue weighted by molar-refractivity contribution is 6.34. The van der Waals surface area contributed by atoms with Gasteiger partial charge in [0.1, 0.15) is 5.56 Å². The standard InChI is InChI=1S/C12H13ClN2O5/c13-9-2-1-3-10(15(18)19)11(9)12(17)14-4-5-20-7-8(14)6-16/h1-3,8,16H,4-7H2. The first-order valence-electron chi connectivity index (χ1n) is 5.98. The molecule has 0 spiro atoms. The number of carbonyl (C=O) groups is 1. The summed E-state index contributed by atoms with van der Waals surface area (Å²) in [5.41, 5.74) is -0.495. The van der Waals surface area contributed by atoms with E-state index in [1.165, 1.54) is 23.1 Å². The van der Waals surface area contributed by atoms with Crippen LogP contribution in [0.5, 0.6) is 0 Å². The number of hydrogen-bond donors (Lipinski definition) is 1. The smallest absolute Gasteiger partial charge is 0.283 e. The molecule has 108 valence electrons. The van der Waals surface area contributed by atoms with Crippen LogP contribution in [0, 0.1) is 10.1 Å². The van der Waals surface area contributed by atoms with Crippen LogP contribution in [0.3, 0.4) is 0 Å². The van der Waals surface area contributed by atoms with E-state index in [0.29, 0.717) is 6.61 Å². The molecule has 8 heteroatoms. The molecule has 1 fully saturated rings. The molecule has 0 aromatic heterocycles. The van der Waals surface area contributed by atoms with Gasteiger partial charge in [-0.3, -0.25) is 14.9 Å². The van der Waals surface area contributed by atoms with E-state index >= 15 is 0 Å². The molecule has 1 unspecified atom stereocenters. The molecule has 2 rings (SSSR count). The van der Waals surface area contributed by atoms with Crippen molar-refractivity contribution in [2.75, 3.05) is 26.4 Å². The van der Waals surface area contributed by atoms with Crippen molar-refractivity contribution >= 4 is 23.2 Å². The van der Waals surface area contributed by atoms with Crippen molar-refractivity contribution in [3.05, 3.63) is 38.9 Å². The molecule has 1 N–H and O–H groups in total. The van der Waals surface area contributed by atoms with Crippen molar-refractivity contribution < 1.29 is 19.6 Å². The molecule has 7 nitrogen and oxygen atoms in total. The summed E-state index contributed by atoms with van der Waals surface area (Å²) in [5.74, 6) is -0.565. The number of nitro benzene ring substituents is 1. The SMILES string of the molecule is O=C(c1c(Cl)cccc1[N+](=O)[O-])N1CCOCC1CO. The third-order valence-corrected chi connectivity index (χ3v) is 3.42. The van der Waals surface area contributed by atoms with Gasteiger partial charge in [0, 0.05) is 12.6 Å². The predicted molar refractivity (Wildman–Crippen MR) is 70.8 cm³/mol. The van der Waals surface area contributed by atoms with Gasteiger partial charge in [-0.05, 0) is 6.07 Å². The number of nitrogens with zero attached hydrogens (tertiary/aromatic N) is 2. The zero-order chi connectivity index (χ0) is 14.7. The number of carbonyl (C=O) groups excluding carboxylic acids is 1. The molecule has 20 heavy (non-hydrogen) atoms. The fourth-order valence-electron chi connectivity index (χ4n) is 2.09. The van der Waals surface area contributed by atoms with Gasteiger partial charge >= 0.3 is 0 Å². The molecule has 1 amide bonds. The second-order valence-electron chi connectivity index (χ2n) is 4.30. The fourth-order valence-corrected chi connectivity index (χ4v) is 2.34. The van der Waals surface area contributed by atoms with Gasteiger partial charge in [-0.25, -0.2) is 0 Å². The largest absolute Gasteiger partial charge is 0.394 e. The lowest BCUT2D eigenvalue weighted by Crippen LogP contribution is -2.50. The van der Waals surface area contributed by atoms with E-state index in [4.69, 9.17) is 16.3 Å². The summed E-state index contributed by atoms with van der Waals surface area (Å²) in [6.45, 7) is 0.497. The summed E-state index contributed by atoms with van der Waals surface area (Å²) in [4.78, 5) is 24.2. The lowest BCUT2D eigenvalue weighted by molar-refractivity contribution is -0.385. The lowest BCUT2D eigenvalue weighted by atomic mass is 10.1. The van der Waals surface area contributed by atoms with E-state index in [0.717, 1.165) is 0 Å². The molecule has 1 saturated heterocycles. The molecule has 1 aromatic rings. The van der Waals surface area contributed by atoms with Crippen molar-refractivity contribution in [1.82, 2.24) is 4.90 Å². The highest BCUT2D eigenvalue weighted by Gasteiger charge is 2.33.